The third-order valence-corrected chi connectivity index (χ3v) is 5.16. The Bertz CT molecular complexity index is 1220. The summed E-state index contributed by atoms with van der Waals surface area (Å²) in [7, 11) is 1.86. The van der Waals surface area contributed by atoms with Crippen molar-refractivity contribution in [3.8, 4) is 0 Å². The van der Waals surface area contributed by atoms with Crippen molar-refractivity contribution in [1.82, 2.24) is 0 Å². The number of hydrogen-bond acceptors (Lipinski definition) is 4. The van der Waals surface area contributed by atoms with Crippen LogP contribution in [0.4, 0.5) is 28.9 Å². The molecule has 0 fully saturated rings. The third kappa shape index (κ3) is 6.77. The summed E-state index contributed by atoms with van der Waals surface area (Å²) in [5.41, 5.74) is 0.608. The van der Waals surface area contributed by atoms with Crippen molar-refractivity contribution in [3.05, 3.63) is 101 Å². The van der Waals surface area contributed by atoms with Gasteiger partial charge in [-0.05, 0) is 66.2 Å². The quantitative estimate of drug-likeness (QED) is 0.253. The predicted octanol–water partition coefficient (Wildman–Crippen LogP) is 5.42. The number of nitrogens with one attached hydrogen (secondary N) is 1. The van der Waals surface area contributed by atoms with Crippen LogP contribution in [0.3, 0.4) is 0 Å². The van der Waals surface area contributed by atoms with Gasteiger partial charge in [0, 0.05) is 30.5 Å². The molecule has 3 aromatic rings. The van der Waals surface area contributed by atoms with Gasteiger partial charge >= 0.3 is 6.18 Å². The highest BCUT2D eigenvalue weighted by molar-refractivity contribution is 6.08. The molecule has 3 aromatic carbocycles. The van der Waals surface area contributed by atoms with Gasteiger partial charge in [0.05, 0.1) is 17.7 Å². The second-order valence-corrected chi connectivity index (χ2v) is 7.66. The molecule has 0 saturated carbocycles. The molecule has 2 N–H and O–H groups in total. The molecular formula is C26H22F4N2O3. The van der Waals surface area contributed by atoms with Gasteiger partial charge in [0.25, 0.3) is 5.91 Å². The van der Waals surface area contributed by atoms with E-state index in [9.17, 15) is 27.2 Å². The first-order valence-corrected chi connectivity index (χ1v) is 10.5. The van der Waals surface area contributed by atoms with E-state index in [-0.39, 0.29) is 24.1 Å². The van der Waals surface area contributed by atoms with Gasteiger partial charge in [-0.25, -0.2) is 4.39 Å². The molecule has 9 heteroatoms. The van der Waals surface area contributed by atoms with Gasteiger partial charge in [0.1, 0.15) is 5.82 Å². The largest absolute Gasteiger partial charge is 0.416 e. The molecule has 182 valence electrons. The highest BCUT2D eigenvalue weighted by atomic mass is 19.4. The summed E-state index contributed by atoms with van der Waals surface area (Å²) in [5.74, 6) is -2.48. The Morgan fingerprint density at radius 2 is 1.66 bits per heavy atom. The van der Waals surface area contributed by atoms with E-state index >= 15 is 0 Å². The van der Waals surface area contributed by atoms with Crippen LogP contribution in [0.25, 0.3) is 6.08 Å². The first-order chi connectivity index (χ1) is 16.6. The molecule has 0 aliphatic carbocycles. The lowest BCUT2D eigenvalue weighted by molar-refractivity contribution is -0.137. The standard InChI is InChI=1S/C26H22F4N2O3/c1-32(14-15-33)21-10-2-17(3-11-21)4-13-24(34)18-5-8-20(9-6-18)31-25(35)22-12-7-19(16-23(22)27)26(28,29)30/h2-13,16,33H,14-15H2,1H3,(H,31,35)/b13-4+. The summed E-state index contributed by atoms with van der Waals surface area (Å²) < 4.78 is 52.0. The fraction of sp³-hybridized carbons (Fsp3) is 0.154. The summed E-state index contributed by atoms with van der Waals surface area (Å²) >= 11 is 0. The van der Waals surface area contributed by atoms with Crippen molar-refractivity contribution >= 4 is 29.1 Å². The second-order valence-electron chi connectivity index (χ2n) is 7.66. The Balaban J connectivity index is 1.62. The van der Waals surface area contributed by atoms with Crippen molar-refractivity contribution < 1.29 is 32.3 Å². The number of amides is 1. The minimum Gasteiger partial charge on any atom is -0.395 e. The van der Waals surface area contributed by atoms with Crippen LogP contribution in [0.5, 0.6) is 0 Å². The Morgan fingerprint density at radius 3 is 2.23 bits per heavy atom. The number of hydrogen-bond donors (Lipinski definition) is 2. The Hall–Kier alpha value is -3.98. The van der Waals surface area contributed by atoms with Crippen LogP contribution >= 0.6 is 0 Å². The molecule has 0 atom stereocenters. The smallest absolute Gasteiger partial charge is 0.395 e. The van der Waals surface area contributed by atoms with Crippen LogP contribution in [-0.4, -0.2) is 37.0 Å². The number of aliphatic hydroxyl groups is 1. The summed E-state index contributed by atoms with van der Waals surface area (Å²) in [6.45, 7) is 0.546. The van der Waals surface area contributed by atoms with Gasteiger partial charge in [0.15, 0.2) is 5.78 Å². The Kier molecular flexibility index (Phi) is 8.03. The van der Waals surface area contributed by atoms with E-state index in [1.807, 2.05) is 36.2 Å². The molecule has 0 unspecified atom stereocenters. The number of allylic oxidation sites excluding steroid dienone is 1. The SMILES string of the molecule is CN(CCO)c1ccc(/C=C/C(=O)c2ccc(NC(=O)c3ccc(C(F)(F)F)cc3F)cc2)cc1. The number of anilines is 2. The van der Waals surface area contributed by atoms with Crippen LogP contribution in [0.15, 0.2) is 72.8 Å². The van der Waals surface area contributed by atoms with Crippen LogP contribution < -0.4 is 10.2 Å². The first-order valence-electron chi connectivity index (χ1n) is 10.5. The molecule has 0 bridgehead atoms. The van der Waals surface area contributed by atoms with Crippen LogP contribution in [-0.2, 0) is 6.18 Å². The first kappa shape index (κ1) is 25.6. The maximum atomic E-state index is 14.0. The number of rotatable bonds is 8. The fourth-order valence-electron chi connectivity index (χ4n) is 3.18. The molecule has 0 aliphatic heterocycles. The van der Waals surface area contributed by atoms with Crippen molar-refractivity contribution in [2.75, 3.05) is 30.4 Å². The maximum absolute atomic E-state index is 14.0. The van der Waals surface area contributed by atoms with E-state index in [1.165, 1.54) is 30.3 Å². The highest BCUT2D eigenvalue weighted by Gasteiger charge is 2.31. The Labute approximate surface area is 199 Å². The van der Waals surface area contributed by atoms with E-state index in [0.717, 1.165) is 17.3 Å². The topological polar surface area (TPSA) is 69.6 Å². The van der Waals surface area contributed by atoms with Gasteiger partial charge < -0.3 is 15.3 Å². The molecule has 0 aromatic heterocycles. The zero-order chi connectivity index (χ0) is 25.6. The van der Waals surface area contributed by atoms with Crippen LogP contribution in [0.1, 0.15) is 31.8 Å². The molecule has 0 heterocycles. The third-order valence-electron chi connectivity index (χ3n) is 5.16. The number of carbonyl (C=O) groups excluding carboxylic acids is 2. The average molecular weight is 486 g/mol. The molecule has 3 rings (SSSR count). The molecule has 35 heavy (non-hydrogen) atoms. The zero-order valence-electron chi connectivity index (χ0n) is 18.6. The maximum Gasteiger partial charge on any atom is 0.416 e. The van der Waals surface area contributed by atoms with E-state index in [0.29, 0.717) is 18.2 Å². The zero-order valence-corrected chi connectivity index (χ0v) is 18.6. The highest BCUT2D eigenvalue weighted by Crippen LogP contribution is 2.30. The summed E-state index contributed by atoms with van der Waals surface area (Å²) in [6, 6.07) is 14.9. The number of benzene rings is 3. The van der Waals surface area contributed by atoms with Crippen LogP contribution in [0.2, 0.25) is 0 Å². The van der Waals surface area contributed by atoms with Crippen molar-refractivity contribution in [2.45, 2.75) is 6.18 Å². The molecule has 0 spiro atoms. The minimum atomic E-state index is -4.72. The number of nitrogens with zero attached hydrogens (tertiary/aromatic N) is 1. The molecular weight excluding hydrogens is 464 g/mol. The average Bonchev–Trinajstić information content (AvgIpc) is 2.82. The van der Waals surface area contributed by atoms with Crippen LogP contribution in [0, 0.1) is 5.82 Å². The van der Waals surface area contributed by atoms with E-state index in [1.54, 1.807) is 6.08 Å². The van der Waals surface area contributed by atoms with Gasteiger partial charge in [0.2, 0.25) is 0 Å². The molecule has 5 nitrogen and oxygen atoms in total. The van der Waals surface area contributed by atoms with Crippen molar-refractivity contribution in [1.29, 1.82) is 0 Å². The van der Waals surface area contributed by atoms with Crippen molar-refractivity contribution in [3.63, 3.8) is 0 Å². The summed E-state index contributed by atoms with van der Waals surface area (Å²) in [5, 5.41) is 11.4. The predicted molar refractivity (Wildman–Crippen MR) is 126 cm³/mol. The lowest BCUT2D eigenvalue weighted by Crippen LogP contribution is -2.20. The molecule has 1 amide bonds. The van der Waals surface area contributed by atoms with E-state index < -0.39 is 29.0 Å². The lowest BCUT2D eigenvalue weighted by Gasteiger charge is -2.17. The van der Waals surface area contributed by atoms with Gasteiger partial charge in [-0.1, -0.05) is 18.2 Å². The fourth-order valence-corrected chi connectivity index (χ4v) is 3.18. The minimum absolute atomic E-state index is 0.0427. The number of carbonyl (C=O) groups is 2. The second kappa shape index (κ2) is 11.0. The van der Waals surface area contributed by atoms with E-state index in [2.05, 4.69) is 5.32 Å². The number of likely N-dealkylation sites (N-methyl/N-ethyl adjacent to an activating group) is 1. The van der Waals surface area contributed by atoms with Gasteiger partial charge in [-0.3, -0.25) is 9.59 Å². The number of alkyl halides is 3. The summed E-state index contributed by atoms with van der Waals surface area (Å²) in [6.07, 6.45) is -1.66. The number of halogens is 4. The number of ketones is 1. The Morgan fingerprint density at radius 1 is 1.00 bits per heavy atom. The normalized spacial score (nSPS) is 11.5. The molecule has 0 radical (unpaired) electrons. The summed E-state index contributed by atoms with van der Waals surface area (Å²) in [4.78, 5) is 26.6. The van der Waals surface area contributed by atoms with Crippen molar-refractivity contribution in [2.24, 2.45) is 0 Å². The van der Waals surface area contributed by atoms with Gasteiger partial charge in [-0.2, -0.15) is 13.2 Å². The van der Waals surface area contributed by atoms with Gasteiger partial charge in [-0.15, -0.1) is 0 Å². The number of aliphatic hydroxyl groups excluding tert-OH is 1. The molecule has 0 saturated heterocycles. The molecule has 0 aliphatic rings. The lowest BCUT2D eigenvalue weighted by atomic mass is 10.1. The monoisotopic (exact) mass is 486 g/mol. The van der Waals surface area contributed by atoms with E-state index in [4.69, 9.17) is 5.11 Å².